The van der Waals surface area contributed by atoms with Crippen molar-refractivity contribution in [3.63, 3.8) is 0 Å². The Morgan fingerprint density at radius 2 is 2.00 bits per heavy atom. The van der Waals surface area contributed by atoms with Crippen molar-refractivity contribution in [2.24, 2.45) is 0 Å². The molecule has 2 N–H and O–H groups in total. The second-order valence-corrected chi connectivity index (χ2v) is 7.71. The summed E-state index contributed by atoms with van der Waals surface area (Å²) in [7, 11) is 0. The van der Waals surface area contributed by atoms with Crippen molar-refractivity contribution in [1.29, 1.82) is 0 Å². The number of halogens is 1. The van der Waals surface area contributed by atoms with E-state index in [4.69, 9.17) is 0 Å². The van der Waals surface area contributed by atoms with Gasteiger partial charge in [0.25, 0.3) is 0 Å². The van der Waals surface area contributed by atoms with Gasteiger partial charge >= 0.3 is 0 Å². The molecule has 0 unspecified atom stereocenters. The normalized spacial score (nSPS) is 10.5. The predicted molar refractivity (Wildman–Crippen MR) is 104 cm³/mol. The highest BCUT2D eigenvalue weighted by Crippen LogP contribution is 2.26. The molecule has 5 nitrogen and oxygen atoms in total. The summed E-state index contributed by atoms with van der Waals surface area (Å²) in [5.74, 6) is -0.405. The van der Waals surface area contributed by atoms with E-state index in [1.165, 1.54) is 35.2 Å². The third kappa shape index (κ3) is 5.27. The van der Waals surface area contributed by atoms with E-state index in [0.717, 1.165) is 11.1 Å². The van der Waals surface area contributed by atoms with Crippen LogP contribution in [0.15, 0.2) is 52.9 Å². The third-order valence-electron chi connectivity index (χ3n) is 3.49. The number of aromatic nitrogens is 2. The molecule has 8 heteroatoms. The maximum absolute atomic E-state index is 13.3. The fourth-order valence-corrected chi connectivity index (χ4v) is 3.70. The van der Waals surface area contributed by atoms with Crippen LogP contribution in [0.4, 0.5) is 15.2 Å². The van der Waals surface area contributed by atoms with E-state index >= 15 is 0 Å². The number of carbonyl (C=O) groups excluding carboxylic acids is 1. The van der Waals surface area contributed by atoms with Crippen LogP contribution in [0.1, 0.15) is 11.1 Å². The first-order valence-corrected chi connectivity index (χ1v) is 9.70. The molecule has 0 atom stereocenters. The van der Waals surface area contributed by atoms with Crippen molar-refractivity contribution in [1.82, 2.24) is 10.2 Å². The Morgan fingerprint density at radius 3 is 2.81 bits per heavy atom. The van der Waals surface area contributed by atoms with Crippen molar-refractivity contribution in [3.8, 4) is 0 Å². The first-order valence-electron chi connectivity index (χ1n) is 7.90. The van der Waals surface area contributed by atoms with Crippen LogP contribution >= 0.6 is 23.1 Å². The summed E-state index contributed by atoms with van der Waals surface area (Å²) in [6.45, 7) is 2.48. The SMILES string of the molecule is Cc1ccc(F)cc1NC(=O)CSc1nnc(NCc2ccccc2)s1. The quantitative estimate of drug-likeness (QED) is 0.590. The highest BCUT2D eigenvalue weighted by Gasteiger charge is 2.10. The summed E-state index contributed by atoms with van der Waals surface area (Å²) >= 11 is 2.70. The van der Waals surface area contributed by atoms with Crippen molar-refractivity contribution >= 4 is 39.8 Å². The summed E-state index contributed by atoms with van der Waals surface area (Å²) in [6, 6.07) is 14.3. The van der Waals surface area contributed by atoms with E-state index in [9.17, 15) is 9.18 Å². The molecular weight excluding hydrogens is 371 g/mol. The lowest BCUT2D eigenvalue weighted by Crippen LogP contribution is -2.14. The van der Waals surface area contributed by atoms with Crippen LogP contribution in [0.5, 0.6) is 0 Å². The average Bonchev–Trinajstić information content (AvgIpc) is 3.10. The Hall–Kier alpha value is -2.45. The molecule has 0 spiro atoms. The second-order valence-electron chi connectivity index (χ2n) is 5.51. The molecule has 0 radical (unpaired) electrons. The van der Waals surface area contributed by atoms with Crippen LogP contribution < -0.4 is 10.6 Å². The molecule has 134 valence electrons. The summed E-state index contributed by atoms with van der Waals surface area (Å²) in [5.41, 5.74) is 2.45. The van der Waals surface area contributed by atoms with Gasteiger partial charge < -0.3 is 10.6 Å². The van der Waals surface area contributed by atoms with Crippen molar-refractivity contribution in [2.45, 2.75) is 17.8 Å². The van der Waals surface area contributed by atoms with Gasteiger partial charge in [-0.05, 0) is 30.2 Å². The molecule has 0 fully saturated rings. The zero-order valence-electron chi connectivity index (χ0n) is 14.0. The van der Waals surface area contributed by atoms with Crippen LogP contribution in [0, 0.1) is 12.7 Å². The third-order valence-corrected chi connectivity index (χ3v) is 5.51. The largest absolute Gasteiger partial charge is 0.356 e. The molecule has 26 heavy (non-hydrogen) atoms. The minimum absolute atomic E-state index is 0.184. The van der Waals surface area contributed by atoms with Gasteiger partial charge in [-0.1, -0.05) is 59.5 Å². The van der Waals surface area contributed by atoms with Gasteiger partial charge in [0.2, 0.25) is 11.0 Å². The standard InChI is InChI=1S/C18H17FN4OS2/c1-12-7-8-14(19)9-15(12)21-16(24)11-25-18-23-22-17(26-18)20-10-13-5-3-2-4-6-13/h2-9H,10-11H2,1H3,(H,20,22)(H,21,24). The number of carbonyl (C=O) groups is 1. The number of benzene rings is 2. The van der Waals surface area contributed by atoms with E-state index < -0.39 is 0 Å². The zero-order valence-corrected chi connectivity index (χ0v) is 15.7. The topological polar surface area (TPSA) is 66.9 Å². The van der Waals surface area contributed by atoms with E-state index in [1.807, 2.05) is 37.3 Å². The van der Waals surface area contributed by atoms with E-state index in [1.54, 1.807) is 6.07 Å². The van der Waals surface area contributed by atoms with Crippen molar-refractivity contribution < 1.29 is 9.18 Å². The molecule has 1 aromatic heterocycles. The summed E-state index contributed by atoms with van der Waals surface area (Å²) in [4.78, 5) is 12.1. The first-order chi connectivity index (χ1) is 12.6. The number of hydrogen-bond donors (Lipinski definition) is 2. The van der Waals surface area contributed by atoms with E-state index in [-0.39, 0.29) is 17.5 Å². The number of nitrogens with one attached hydrogen (secondary N) is 2. The van der Waals surface area contributed by atoms with Gasteiger partial charge in [0.15, 0.2) is 4.34 Å². The lowest BCUT2D eigenvalue weighted by molar-refractivity contribution is -0.113. The highest BCUT2D eigenvalue weighted by molar-refractivity contribution is 8.01. The molecule has 0 aliphatic heterocycles. The minimum atomic E-state index is -0.378. The number of amides is 1. The Morgan fingerprint density at radius 1 is 1.19 bits per heavy atom. The lowest BCUT2D eigenvalue weighted by Gasteiger charge is -2.07. The highest BCUT2D eigenvalue weighted by atomic mass is 32.2. The minimum Gasteiger partial charge on any atom is -0.356 e. The monoisotopic (exact) mass is 388 g/mol. The Balaban J connectivity index is 1.48. The average molecular weight is 388 g/mol. The molecule has 1 heterocycles. The number of hydrogen-bond acceptors (Lipinski definition) is 6. The number of thioether (sulfide) groups is 1. The molecule has 0 saturated carbocycles. The van der Waals surface area contributed by atoms with Gasteiger partial charge in [-0.2, -0.15) is 0 Å². The maximum Gasteiger partial charge on any atom is 0.234 e. The number of nitrogens with zero attached hydrogens (tertiary/aromatic N) is 2. The summed E-state index contributed by atoms with van der Waals surface area (Å²) in [6.07, 6.45) is 0. The predicted octanol–water partition coefficient (Wildman–Crippen LogP) is 4.33. The fourth-order valence-electron chi connectivity index (χ4n) is 2.16. The van der Waals surface area contributed by atoms with Crippen LogP contribution in [-0.4, -0.2) is 21.9 Å². The van der Waals surface area contributed by atoms with Crippen LogP contribution in [0.3, 0.4) is 0 Å². The Bertz CT molecular complexity index is 886. The Labute approximate surface area is 159 Å². The van der Waals surface area contributed by atoms with Crippen molar-refractivity contribution in [2.75, 3.05) is 16.4 Å². The molecule has 0 bridgehead atoms. The zero-order chi connectivity index (χ0) is 18.4. The fraction of sp³-hybridized carbons (Fsp3) is 0.167. The molecular formula is C18H17FN4OS2. The van der Waals surface area contributed by atoms with E-state index in [2.05, 4.69) is 20.8 Å². The molecule has 0 aliphatic rings. The number of anilines is 2. The van der Waals surface area contributed by atoms with Gasteiger partial charge in [-0.3, -0.25) is 4.79 Å². The van der Waals surface area contributed by atoms with Gasteiger partial charge in [-0.25, -0.2) is 4.39 Å². The van der Waals surface area contributed by atoms with Crippen LogP contribution in [-0.2, 0) is 11.3 Å². The maximum atomic E-state index is 13.3. The molecule has 0 saturated heterocycles. The van der Waals surface area contributed by atoms with Gasteiger partial charge in [0, 0.05) is 12.2 Å². The second kappa shape index (κ2) is 8.77. The van der Waals surface area contributed by atoms with Gasteiger partial charge in [-0.15, -0.1) is 10.2 Å². The summed E-state index contributed by atoms with van der Waals surface area (Å²) < 4.78 is 14.0. The smallest absolute Gasteiger partial charge is 0.234 e. The summed E-state index contributed by atoms with van der Waals surface area (Å²) in [5, 5.41) is 14.8. The molecule has 0 aliphatic carbocycles. The van der Waals surface area contributed by atoms with Crippen LogP contribution in [0.2, 0.25) is 0 Å². The van der Waals surface area contributed by atoms with Crippen LogP contribution in [0.25, 0.3) is 0 Å². The molecule has 1 amide bonds. The first kappa shape index (κ1) is 18.3. The van der Waals surface area contributed by atoms with E-state index in [0.29, 0.717) is 21.7 Å². The Kier molecular flexibility index (Phi) is 6.19. The van der Waals surface area contributed by atoms with Gasteiger partial charge in [0.1, 0.15) is 5.82 Å². The molecule has 3 rings (SSSR count). The molecule has 2 aromatic carbocycles. The lowest BCUT2D eigenvalue weighted by atomic mass is 10.2. The van der Waals surface area contributed by atoms with Gasteiger partial charge in [0.05, 0.1) is 5.75 Å². The number of aryl methyl sites for hydroxylation is 1. The van der Waals surface area contributed by atoms with Crippen molar-refractivity contribution in [3.05, 3.63) is 65.5 Å². The molecule has 3 aromatic rings. The number of rotatable bonds is 7.